The number of ether oxygens (including phenoxy) is 1. The average Bonchev–Trinajstić information content (AvgIpc) is 2.65. The van der Waals surface area contributed by atoms with Crippen LogP contribution in [0.25, 0.3) is 0 Å². The van der Waals surface area contributed by atoms with Gasteiger partial charge in [-0.2, -0.15) is 0 Å². The Morgan fingerprint density at radius 1 is 1.80 bits per heavy atom. The fourth-order valence-electron chi connectivity index (χ4n) is 1.58. The molecule has 3 nitrogen and oxygen atoms in total. The molecule has 4 heteroatoms. The maximum Gasteiger partial charge on any atom is 0.410 e. The Morgan fingerprint density at radius 2 is 2.53 bits per heavy atom. The number of allylic oxidation sites excluding steroid dienone is 2. The molecular formula is C11H16BrNO2. The SMILES string of the molecule is C=C/C(Br)=C/CC(CC)N1CCOC1=O. The van der Waals surface area contributed by atoms with Gasteiger partial charge in [-0.3, -0.25) is 0 Å². The van der Waals surface area contributed by atoms with Gasteiger partial charge >= 0.3 is 6.09 Å². The van der Waals surface area contributed by atoms with Crippen molar-refractivity contribution in [2.45, 2.75) is 25.8 Å². The highest BCUT2D eigenvalue weighted by molar-refractivity contribution is 9.11. The van der Waals surface area contributed by atoms with Crippen LogP contribution in [0.4, 0.5) is 4.79 Å². The minimum absolute atomic E-state index is 0.190. The maximum atomic E-state index is 11.3. The maximum absolute atomic E-state index is 11.3. The molecule has 0 spiro atoms. The molecule has 0 aliphatic carbocycles. The van der Waals surface area contributed by atoms with Crippen LogP contribution >= 0.6 is 15.9 Å². The second kappa shape index (κ2) is 5.95. The zero-order valence-corrected chi connectivity index (χ0v) is 10.5. The quantitative estimate of drug-likeness (QED) is 0.721. The molecule has 15 heavy (non-hydrogen) atoms. The summed E-state index contributed by atoms with van der Waals surface area (Å²) in [6.45, 7) is 6.95. The van der Waals surface area contributed by atoms with E-state index in [1.54, 1.807) is 11.0 Å². The van der Waals surface area contributed by atoms with E-state index in [2.05, 4.69) is 29.4 Å². The number of halogens is 1. The van der Waals surface area contributed by atoms with Gasteiger partial charge in [0.25, 0.3) is 0 Å². The lowest BCUT2D eigenvalue weighted by Crippen LogP contribution is -2.35. The Balaban J connectivity index is 2.55. The number of amides is 1. The van der Waals surface area contributed by atoms with Gasteiger partial charge in [0.15, 0.2) is 0 Å². The molecule has 1 atom stereocenters. The Kier molecular flexibility index (Phi) is 4.88. The second-order valence-corrected chi connectivity index (χ2v) is 4.31. The van der Waals surface area contributed by atoms with E-state index in [9.17, 15) is 4.79 Å². The van der Waals surface area contributed by atoms with Gasteiger partial charge in [0.05, 0.1) is 6.54 Å². The Hall–Kier alpha value is -0.770. The number of cyclic esters (lactones) is 1. The van der Waals surface area contributed by atoms with Gasteiger partial charge in [-0.1, -0.05) is 41.6 Å². The normalized spacial score (nSPS) is 18.9. The van der Waals surface area contributed by atoms with Crippen LogP contribution < -0.4 is 0 Å². The first kappa shape index (κ1) is 12.3. The van der Waals surface area contributed by atoms with Crippen molar-refractivity contribution < 1.29 is 9.53 Å². The predicted octanol–water partition coefficient (Wildman–Crippen LogP) is 3.07. The van der Waals surface area contributed by atoms with Gasteiger partial charge in [-0.15, -0.1) is 0 Å². The van der Waals surface area contributed by atoms with Crippen molar-refractivity contribution in [1.82, 2.24) is 4.90 Å². The Bertz CT molecular complexity index is 276. The van der Waals surface area contributed by atoms with Crippen LogP contribution in [-0.2, 0) is 4.74 Å². The molecule has 1 aliphatic heterocycles. The highest BCUT2D eigenvalue weighted by atomic mass is 79.9. The summed E-state index contributed by atoms with van der Waals surface area (Å²) in [7, 11) is 0. The molecular weight excluding hydrogens is 258 g/mol. The van der Waals surface area contributed by atoms with Gasteiger partial charge < -0.3 is 9.64 Å². The van der Waals surface area contributed by atoms with E-state index in [0.717, 1.165) is 17.3 Å². The van der Waals surface area contributed by atoms with Crippen molar-refractivity contribution in [2.75, 3.05) is 13.2 Å². The van der Waals surface area contributed by atoms with E-state index in [4.69, 9.17) is 4.74 Å². The van der Waals surface area contributed by atoms with Crippen molar-refractivity contribution in [3.8, 4) is 0 Å². The number of carbonyl (C=O) groups is 1. The number of carbonyl (C=O) groups excluding carboxylic acids is 1. The molecule has 1 amide bonds. The van der Waals surface area contributed by atoms with Crippen LogP contribution in [-0.4, -0.2) is 30.2 Å². The molecule has 1 aliphatic rings. The molecule has 0 aromatic rings. The molecule has 0 aromatic carbocycles. The number of rotatable bonds is 5. The monoisotopic (exact) mass is 273 g/mol. The molecule has 1 saturated heterocycles. The predicted molar refractivity (Wildman–Crippen MR) is 64.0 cm³/mol. The standard InChI is InChI=1S/C11H16BrNO2/c1-3-9(12)5-6-10(4-2)13-7-8-15-11(13)14/h3,5,10H,1,4,6-8H2,2H3/b9-5-. The molecule has 0 radical (unpaired) electrons. The molecule has 1 rings (SSSR count). The third-order valence-corrected chi connectivity index (χ3v) is 3.13. The van der Waals surface area contributed by atoms with E-state index in [1.807, 2.05) is 6.08 Å². The van der Waals surface area contributed by atoms with Crippen LogP contribution in [0.5, 0.6) is 0 Å². The van der Waals surface area contributed by atoms with Crippen LogP contribution in [0.1, 0.15) is 19.8 Å². The fraction of sp³-hybridized carbons (Fsp3) is 0.545. The van der Waals surface area contributed by atoms with Crippen molar-refractivity contribution in [1.29, 1.82) is 0 Å². The van der Waals surface area contributed by atoms with Gasteiger partial charge in [0.2, 0.25) is 0 Å². The van der Waals surface area contributed by atoms with E-state index < -0.39 is 0 Å². The first-order chi connectivity index (χ1) is 7.19. The highest BCUT2D eigenvalue weighted by Crippen LogP contribution is 2.17. The second-order valence-electron chi connectivity index (χ2n) is 3.40. The minimum Gasteiger partial charge on any atom is -0.448 e. The van der Waals surface area contributed by atoms with E-state index >= 15 is 0 Å². The molecule has 1 fully saturated rings. The summed E-state index contributed by atoms with van der Waals surface area (Å²) in [4.78, 5) is 13.1. The molecule has 84 valence electrons. The lowest BCUT2D eigenvalue weighted by Gasteiger charge is -2.23. The topological polar surface area (TPSA) is 29.5 Å². The first-order valence-electron chi connectivity index (χ1n) is 5.10. The third-order valence-electron chi connectivity index (χ3n) is 2.48. The summed E-state index contributed by atoms with van der Waals surface area (Å²) in [5.74, 6) is 0. The smallest absolute Gasteiger partial charge is 0.410 e. The van der Waals surface area contributed by atoms with Crippen molar-refractivity contribution >= 4 is 22.0 Å². The van der Waals surface area contributed by atoms with E-state index in [-0.39, 0.29) is 12.1 Å². The van der Waals surface area contributed by atoms with Crippen molar-refractivity contribution in [3.63, 3.8) is 0 Å². The summed E-state index contributed by atoms with van der Waals surface area (Å²) in [5.41, 5.74) is 0. The summed E-state index contributed by atoms with van der Waals surface area (Å²) < 4.78 is 5.88. The van der Waals surface area contributed by atoms with Crippen molar-refractivity contribution in [2.24, 2.45) is 0 Å². The van der Waals surface area contributed by atoms with Crippen LogP contribution in [0.15, 0.2) is 23.2 Å². The van der Waals surface area contributed by atoms with Crippen LogP contribution in [0, 0.1) is 0 Å². The number of hydrogen-bond donors (Lipinski definition) is 0. The average molecular weight is 274 g/mol. The van der Waals surface area contributed by atoms with Crippen LogP contribution in [0.2, 0.25) is 0 Å². The summed E-state index contributed by atoms with van der Waals surface area (Å²) >= 11 is 3.37. The first-order valence-corrected chi connectivity index (χ1v) is 5.89. The lowest BCUT2D eigenvalue weighted by atomic mass is 10.1. The largest absolute Gasteiger partial charge is 0.448 e. The Labute approximate surface area is 98.9 Å². The molecule has 0 saturated carbocycles. The minimum atomic E-state index is -0.190. The molecule has 1 heterocycles. The molecule has 0 aromatic heterocycles. The highest BCUT2D eigenvalue weighted by Gasteiger charge is 2.27. The molecule has 0 bridgehead atoms. The zero-order chi connectivity index (χ0) is 11.3. The van der Waals surface area contributed by atoms with E-state index in [0.29, 0.717) is 13.2 Å². The summed E-state index contributed by atoms with van der Waals surface area (Å²) in [5, 5.41) is 0. The fourth-order valence-corrected chi connectivity index (χ4v) is 1.77. The van der Waals surface area contributed by atoms with Gasteiger partial charge in [-0.05, 0) is 12.8 Å². The molecule has 0 N–H and O–H groups in total. The van der Waals surface area contributed by atoms with E-state index in [1.165, 1.54) is 0 Å². The third kappa shape index (κ3) is 3.38. The summed E-state index contributed by atoms with van der Waals surface area (Å²) in [6, 6.07) is 0.229. The lowest BCUT2D eigenvalue weighted by molar-refractivity contribution is 0.147. The zero-order valence-electron chi connectivity index (χ0n) is 8.91. The van der Waals surface area contributed by atoms with Gasteiger partial charge in [0, 0.05) is 10.5 Å². The summed E-state index contributed by atoms with van der Waals surface area (Å²) in [6.07, 6.45) is 5.35. The Morgan fingerprint density at radius 3 is 3.00 bits per heavy atom. The van der Waals surface area contributed by atoms with Gasteiger partial charge in [-0.25, -0.2) is 4.79 Å². The number of nitrogens with zero attached hydrogens (tertiary/aromatic N) is 1. The van der Waals surface area contributed by atoms with Gasteiger partial charge in [0.1, 0.15) is 6.61 Å². The molecule has 1 unspecified atom stereocenters. The number of hydrogen-bond acceptors (Lipinski definition) is 2. The van der Waals surface area contributed by atoms with Crippen molar-refractivity contribution in [3.05, 3.63) is 23.2 Å². The van der Waals surface area contributed by atoms with Crippen LogP contribution in [0.3, 0.4) is 0 Å².